The lowest BCUT2D eigenvalue weighted by molar-refractivity contribution is -0.132. The third-order valence-electron chi connectivity index (χ3n) is 4.85. The summed E-state index contributed by atoms with van der Waals surface area (Å²) in [5.41, 5.74) is 1.38. The van der Waals surface area contributed by atoms with Crippen molar-refractivity contribution in [3.8, 4) is 6.07 Å². The summed E-state index contributed by atoms with van der Waals surface area (Å²) in [6.45, 7) is -0.809. The number of hydrogen-bond donors (Lipinski definition) is 1. The van der Waals surface area contributed by atoms with Gasteiger partial charge >= 0.3 is 0 Å². The van der Waals surface area contributed by atoms with Gasteiger partial charge in [-0.25, -0.2) is 8.78 Å². The number of nitriles is 1. The Bertz CT molecular complexity index is 1010. The highest BCUT2D eigenvalue weighted by Crippen LogP contribution is 2.32. The van der Waals surface area contributed by atoms with Crippen LogP contribution < -0.4 is 5.56 Å². The van der Waals surface area contributed by atoms with Crippen molar-refractivity contribution in [2.24, 2.45) is 0 Å². The van der Waals surface area contributed by atoms with E-state index in [1.165, 1.54) is 12.3 Å². The predicted molar refractivity (Wildman–Crippen MR) is 101 cm³/mol. The molecule has 8 heteroatoms. The van der Waals surface area contributed by atoms with Crippen molar-refractivity contribution in [3.05, 3.63) is 69.6 Å². The number of Topliss-reactive ketones (excluding diaryl/α,β-unsaturated/α-hetero) is 1. The summed E-state index contributed by atoms with van der Waals surface area (Å²) in [7, 11) is 0. The van der Waals surface area contributed by atoms with Gasteiger partial charge < -0.3 is 9.88 Å². The summed E-state index contributed by atoms with van der Waals surface area (Å²) in [5, 5.41) is 9.00. The summed E-state index contributed by atoms with van der Waals surface area (Å²) in [5.74, 6) is -4.13. The maximum atomic E-state index is 13.5. The molecule has 1 aromatic carbocycles. The number of hydrogen-bond acceptors (Lipinski definition) is 4. The van der Waals surface area contributed by atoms with E-state index in [-0.39, 0.29) is 29.7 Å². The van der Waals surface area contributed by atoms with Crippen LogP contribution in [0.25, 0.3) is 0 Å². The number of carbonyl (C=O) groups is 2. The number of carbonyl (C=O) groups excluding carboxylic acids is 2. The Kier molecular flexibility index (Phi) is 5.87. The lowest BCUT2D eigenvalue weighted by Crippen LogP contribution is -2.36. The monoisotopic (exact) mass is 399 g/mol. The molecule has 0 radical (unpaired) electrons. The fourth-order valence-electron chi connectivity index (χ4n) is 3.43. The topological polar surface area (TPSA) is 94.0 Å². The number of halogens is 2. The van der Waals surface area contributed by atoms with Crippen molar-refractivity contribution >= 4 is 11.7 Å². The van der Waals surface area contributed by atoms with Crippen molar-refractivity contribution in [2.75, 3.05) is 6.54 Å². The van der Waals surface area contributed by atoms with Gasteiger partial charge in [0.25, 0.3) is 5.92 Å². The van der Waals surface area contributed by atoms with Crippen LogP contribution >= 0.6 is 0 Å². The SMILES string of the molecule is N#C[C@@H]1CC(F)(F)CN1C(=O)CCC(=O)c1c[nH]c(=O)cc1Cc1ccccc1. The molecule has 0 bridgehead atoms. The zero-order chi connectivity index (χ0) is 21.0. The summed E-state index contributed by atoms with van der Waals surface area (Å²) in [6, 6.07) is 11.2. The molecule has 0 spiro atoms. The van der Waals surface area contributed by atoms with E-state index < -0.39 is 30.8 Å². The minimum absolute atomic E-state index is 0.202. The smallest absolute Gasteiger partial charge is 0.268 e. The number of nitrogens with one attached hydrogen (secondary N) is 1. The molecule has 1 saturated heterocycles. The number of likely N-dealkylation sites (tertiary alicyclic amines) is 1. The van der Waals surface area contributed by atoms with Crippen molar-refractivity contribution in [1.29, 1.82) is 5.26 Å². The quantitative estimate of drug-likeness (QED) is 0.756. The van der Waals surface area contributed by atoms with Crippen molar-refractivity contribution in [3.63, 3.8) is 0 Å². The molecule has 1 aliphatic heterocycles. The number of alkyl halides is 2. The number of pyridine rings is 1. The predicted octanol–water partition coefficient (Wildman–Crippen LogP) is 2.69. The Hall–Kier alpha value is -3.34. The standard InChI is InChI=1S/C21H19F2N3O3/c22-21(23)10-16(11-24)26(13-21)20(29)7-6-18(27)17-12-25-19(28)9-15(17)8-14-4-2-1-3-5-14/h1-5,9,12,16H,6-8,10,13H2,(H,25,28)/t16-/m0/s1. The first-order chi connectivity index (χ1) is 13.8. The third kappa shape index (κ3) is 4.93. The lowest BCUT2D eigenvalue weighted by Gasteiger charge is -2.19. The summed E-state index contributed by atoms with van der Waals surface area (Å²) < 4.78 is 27.0. The van der Waals surface area contributed by atoms with Crippen LogP contribution in [0.1, 0.15) is 40.7 Å². The van der Waals surface area contributed by atoms with Crippen LogP contribution in [0.2, 0.25) is 0 Å². The van der Waals surface area contributed by atoms with Crippen molar-refractivity contribution < 1.29 is 18.4 Å². The van der Waals surface area contributed by atoms with Crippen molar-refractivity contribution in [2.45, 2.75) is 37.6 Å². The molecule has 29 heavy (non-hydrogen) atoms. The summed E-state index contributed by atoms with van der Waals surface area (Å²) >= 11 is 0. The highest BCUT2D eigenvalue weighted by atomic mass is 19.3. The number of ketones is 1. The highest BCUT2D eigenvalue weighted by molar-refractivity contribution is 5.99. The van der Waals surface area contributed by atoms with Crippen LogP contribution in [-0.4, -0.2) is 40.1 Å². The number of rotatable bonds is 6. The molecule has 3 rings (SSSR count). The molecule has 1 aliphatic rings. The Balaban J connectivity index is 1.70. The van der Waals surface area contributed by atoms with Gasteiger partial charge in [0.05, 0.1) is 12.6 Å². The second-order valence-corrected chi connectivity index (χ2v) is 7.05. The molecule has 0 saturated carbocycles. The number of nitrogens with zero attached hydrogens (tertiary/aromatic N) is 2. The fraction of sp³-hybridized carbons (Fsp3) is 0.333. The van der Waals surface area contributed by atoms with Crippen molar-refractivity contribution in [1.82, 2.24) is 9.88 Å². The normalized spacial score (nSPS) is 17.7. The Labute approximate surface area is 165 Å². The van der Waals surface area contributed by atoms with Gasteiger partial charge in [-0.1, -0.05) is 30.3 Å². The molecule has 1 fully saturated rings. The first kappa shape index (κ1) is 20.4. The second kappa shape index (κ2) is 8.35. The van der Waals surface area contributed by atoms with Crippen LogP contribution in [0.15, 0.2) is 47.4 Å². The van der Waals surface area contributed by atoms with Gasteiger partial charge in [-0.05, 0) is 17.5 Å². The van der Waals surface area contributed by atoms with E-state index in [0.717, 1.165) is 10.5 Å². The van der Waals surface area contributed by atoms with Crippen LogP contribution in [-0.2, 0) is 11.2 Å². The molecule has 1 atom stereocenters. The van der Waals surface area contributed by atoms with E-state index in [1.807, 2.05) is 30.3 Å². The second-order valence-electron chi connectivity index (χ2n) is 7.05. The van der Waals surface area contributed by atoms with E-state index in [0.29, 0.717) is 12.0 Å². The molecule has 1 aromatic heterocycles. The third-order valence-corrected chi connectivity index (χ3v) is 4.85. The number of H-pyrrole nitrogens is 1. The Morgan fingerprint density at radius 3 is 2.66 bits per heavy atom. The molecule has 0 aliphatic carbocycles. The van der Waals surface area contributed by atoms with E-state index in [4.69, 9.17) is 5.26 Å². The zero-order valence-corrected chi connectivity index (χ0v) is 15.5. The Morgan fingerprint density at radius 2 is 1.97 bits per heavy atom. The maximum Gasteiger partial charge on any atom is 0.268 e. The molecule has 150 valence electrons. The summed E-state index contributed by atoms with van der Waals surface area (Å²) in [6.07, 6.45) is 0.512. The highest BCUT2D eigenvalue weighted by Gasteiger charge is 2.47. The number of aromatic nitrogens is 1. The lowest BCUT2D eigenvalue weighted by atomic mass is 9.97. The number of aromatic amines is 1. The van der Waals surface area contributed by atoms with Crippen LogP contribution in [0.5, 0.6) is 0 Å². The molecular weight excluding hydrogens is 380 g/mol. The minimum atomic E-state index is -3.10. The molecule has 1 amide bonds. The van der Waals surface area contributed by atoms with Gasteiger partial charge in [0.15, 0.2) is 5.78 Å². The molecule has 1 N–H and O–H groups in total. The molecule has 2 heterocycles. The van der Waals surface area contributed by atoms with Gasteiger partial charge in [-0.15, -0.1) is 0 Å². The van der Waals surface area contributed by atoms with Gasteiger partial charge in [-0.2, -0.15) is 5.26 Å². The molecule has 6 nitrogen and oxygen atoms in total. The van der Waals surface area contributed by atoms with Crippen LogP contribution in [0.4, 0.5) is 8.78 Å². The zero-order valence-electron chi connectivity index (χ0n) is 15.5. The summed E-state index contributed by atoms with van der Waals surface area (Å²) in [4.78, 5) is 40.0. The van der Waals surface area contributed by atoms with Gasteiger partial charge in [-0.3, -0.25) is 14.4 Å². The van der Waals surface area contributed by atoms with E-state index in [1.54, 1.807) is 6.07 Å². The van der Waals surface area contributed by atoms with E-state index in [2.05, 4.69) is 4.98 Å². The fourth-order valence-corrected chi connectivity index (χ4v) is 3.43. The van der Waals surface area contributed by atoms with Gasteiger partial charge in [0, 0.05) is 37.1 Å². The van der Waals surface area contributed by atoms with Gasteiger partial charge in [0.1, 0.15) is 6.04 Å². The number of amides is 1. The average molecular weight is 399 g/mol. The molecule has 2 aromatic rings. The average Bonchev–Trinajstić information content (AvgIpc) is 3.01. The van der Waals surface area contributed by atoms with E-state index >= 15 is 0 Å². The first-order valence-corrected chi connectivity index (χ1v) is 9.15. The first-order valence-electron chi connectivity index (χ1n) is 9.15. The van der Waals surface area contributed by atoms with Gasteiger partial charge in [0.2, 0.25) is 11.5 Å². The van der Waals surface area contributed by atoms with Crippen LogP contribution in [0.3, 0.4) is 0 Å². The molecule has 0 unspecified atom stereocenters. The largest absolute Gasteiger partial charge is 0.328 e. The van der Waals surface area contributed by atoms with Crippen LogP contribution in [0, 0.1) is 11.3 Å². The number of benzene rings is 1. The molecular formula is C21H19F2N3O3. The minimum Gasteiger partial charge on any atom is -0.328 e. The Morgan fingerprint density at radius 1 is 1.24 bits per heavy atom. The maximum absolute atomic E-state index is 13.5. The van der Waals surface area contributed by atoms with E-state index in [9.17, 15) is 23.2 Å².